The molecule has 2 aromatic heterocycles. The highest BCUT2D eigenvalue weighted by atomic mass is 35.5. The number of anilines is 1. The number of furan rings is 1. The third kappa shape index (κ3) is 4.05. The van der Waals surface area contributed by atoms with Gasteiger partial charge in [0.1, 0.15) is 11.3 Å². The Balaban J connectivity index is 1.28. The van der Waals surface area contributed by atoms with Crippen molar-refractivity contribution in [3.8, 4) is 22.8 Å². The highest BCUT2D eigenvalue weighted by molar-refractivity contribution is 6.35. The van der Waals surface area contributed by atoms with E-state index in [9.17, 15) is 4.79 Å². The molecule has 0 atom stereocenters. The second-order valence-corrected chi connectivity index (χ2v) is 8.81. The molecular formula is C28H16Cl2N2O3. The molecule has 170 valence electrons. The number of oxazole rings is 1. The molecule has 0 radical (unpaired) electrons. The summed E-state index contributed by atoms with van der Waals surface area (Å²) in [6, 6.07) is 27.5. The van der Waals surface area contributed by atoms with Crippen molar-refractivity contribution in [3.05, 3.63) is 107 Å². The molecule has 2 heterocycles. The zero-order chi connectivity index (χ0) is 23.9. The monoisotopic (exact) mass is 498 g/mol. The van der Waals surface area contributed by atoms with Crippen molar-refractivity contribution < 1.29 is 13.6 Å². The predicted octanol–water partition coefficient (Wildman–Crippen LogP) is 8.47. The second kappa shape index (κ2) is 8.62. The van der Waals surface area contributed by atoms with Crippen LogP contribution in [-0.4, -0.2) is 10.9 Å². The molecule has 35 heavy (non-hydrogen) atoms. The van der Waals surface area contributed by atoms with E-state index < -0.39 is 0 Å². The average molecular weight is 499 g/mol. The van der Waals surface area contributed by atoms with Crippen LogP contribution in [0.25, 0.3) is 44.7 Å². The van der Waals surface area contributed by atoms with Gasteiger partial charge in [0.05, 0.1) is 0 Å². The maximum atomic E-state index is 12.8. The Bertz CT molecular complexity index is 1740. The van der Waals surface area contributed by atoms with Crippen LogP contribution in [0.5, 0.6) is 0 Å². The molecule has 0 saturated carbocycles. The van der Waals surface area contributed by atoms with Crippen LogP contribution in [0, 0.1) is 0 Å². The lowest BCUT2D eigenvalue weighted by molar-refractivity contribution is 0.0997. The molecule has 6 aromatic rings. The van der Waals surface area contributed by atoms with Crippen LogP contribution >= 0.6 is 23.2 Å². The first-order valence-corrected chi connectivity index (χ1v) is 11.6. The minimum Gasteiger partial charge on any atom is -0.451 e. The van der Waals surface area contributed by atoms with Gasteiger partial charge in [-0.05, 0) is 60.0 Å². The summed E-state index contributed by atoms with van der Waals surface area (Å²) >= 11 is 12.4. The van der Waals surface area contributed by atoms with Crippen molar-refractivity contribution in [2.24, 2.45) is 0 Å². The molecule has 6 rings (SSSR count). The minimum atomic E-state index is -0.370. The van der Waals surface area contributed by atoms with E-state index >= 15 is 0 Å². The van der Waals surface area contributed by atoms with Crippen LogP contribution in [0.3, 0.4) is 0 Å². The summed E-state index contributed by atoms with van der Waals surface area (Å²) in [7, 11) is 0. The smallest absolute Gasteiger partial charge is 0.291 e. The normalized spacial score (nSPS) is 11.3. The number of carbonyl (C=O) groups excluding carboxylic acids is 1. The van der Waals surface area contributed by atoms with E-state index in [2.05, 4.69) is 10.3 Å². The Kier molecular flexibility index (Phi) is 5.29. The Morgan fingerprint density at radius 2 is 1.63 bits per heavy atom. The number of amides is 1. The first-order valence-electron chi connectivity index (χ1n) is 10.8. The van der Waals surface area contributed by atoms with Gasteiger partial charge in [0, 0.05) is 32.2 Å². The summed E-state index contributed by atoms with van der Waals surface area (Å²) in [4.78, 5) is 17.4. The SMILES string of the molecule is O=C(Nc1ccc2oc(-c3cccc4c(Cl)cccc34)nc2c1)c1ccc(-c2cccc(Cl)c2)o1. The first kappa shape index (κ1) is 21.5. The standard InChI is InChI=1S/C28H16Cl2N2O3/c29-17-5-1-4-16(14-17)24-12-13-26(34-24)27(33)31-18-10-11-25-23(15-18)32-28(35-25)21-8-2-7-20-19(21)6-3-9-22(20)30/h1-15H,(H,31,33). The predicted molar refractivity (Wildman–Crippen MR) is 139 cm³/mol. The van der Waals surface area contributed by atoms with E-state index in [0.29, 0.717) is 38.5 Å². The number of nitrogens with zero attached hydrogens (tertiary/aromatic N) is 1. The summed E-state index contributed by atoms with van der Waals surface area (Å²) in [5, 5.41) is 6.00. The maximum absolute atomic E-state index is 12.8. The van der Waals surface area contributed by atoms with Gasteiger partial charge in [0.25, 0.3) is 5.91 Å². The zero-order valence-electron chi connectivity index (χ0n) is 18.1. The van der Waals surface area contributed by atoms with Gasteiger partial charge in [-0.3, -0.25) is 4.79 Å². The summed E-state index contributed by atoms with van der Waals surface area (Å²) < 4.78 is 11.8. The summed E-state index contributed by atoms with van der Waals surface area (Å²) in [6.45, 7) is 0. The quantitative estimate of drug-likeness (QED) is 0.264. The molecular weight excluding hydrogens is 483 g/mol. The zero-order valence-corrected chi connectivity index (χ0v) is 19.6. The average Bonchev–Trinajstić information content (AvgIpc) is 3.52. The second-order valence-electron chi connectivity index (χ2n) is 7.97. The fourth-order valence-electron chi connectivity index (χ4n) is 4.03. The number of halogens is 2. The Morgan fingerprint density at radius 1 is 0.800 bits per heavy atom. The minimum absolute atomic E-state index is 0.188. The van der Waals surface area contributed by atoms with E-state index in [4.69, 9.17) is 32.0 Å². The van der Waals surface area contributed by atoms with E-state index in [0.717, 1.165) is 21.9 Å². The number of fused-ring (bicyclic) bond motifs is 2. The number of hydrogen-bond acceptors (Lipinski definition) is 4. The molecule has 0 fully saturated rings. The van der Waals surface area contributed by atoms with Crippen molar-refractivity contribution in [1.82, 2.24) is 4.98 Å². The van der Waals surface area contributed by atoms with Gasteiger partial charge in [-0.2, -0.15) is 0 Å². The highest BCUT2D eigenvalue weighted by Crippen LogP contribution is 2.34. The van der Waals surface area contributed by atoms with Crippen LogP contribution in [-0.2, 0) is 0 Å². The molecule has 7 heteroatoms. The fraction of sp³-hybridized carbons (Fsp3) is 0. The van der Waals surface area contributed by atoms with Crippen molar-refractivity contribution in [3.63, 3.8) is 0 Å². The summed E-state index contributed by atoms with van der Waals surface area (Å²) in [5.41, 5.74) is 3.44. The molecule has 0 unspecified atom stereocenters. The first-order chi connectivity index (χ1) is 17.0. The lowest BCUT2D eigenvalue weighted by Gasteiger charge is -2.04. The van der Waals surface area contributed by atoms with Crippen LogP contribution in [0.4, 0.5) is 5.69 Å². The number of nitrogens with one attached hydrogen (secondary N) is 1. The molecule has 0 aliphatic carbocycles. The molecule has 5 nitrogen and oxygen atoms in total. The van der Waals surface area contributed by atoms with Gasteiger partial charge in [-0.1, -0.05) is 59.6 Å². The lowest BCUT2D eigenvalue weighted by atomic mass is 10.0. The highest BCUT2D eigenvalue weighted by Gasteiger charge is 2.16. The molecule has 0 bridgehead atoms. The Morgan fingerprint density at radius 3 is 2.51 bits per heavy atom. The topological polar surface area (TPSA) is 68.3 Å². The van der Waals surface area contributed by atoms with Gasteiger partial charge >= 0.3 is 0 Å². The van der Waals surface area contributed by atoms with Gasteiger partial charge in [-0.25, -0.2) is 4.98 Å². The third-order valence-corrected chi connectivity index (χ3v) is 6.25. The maximum Gasteiger partial charge on any atom is 0.291 e. The number of benzene rings is 4. The van der Waals surface area contributed by atoms with E-state index in [1.807, 2.05) is 48.5 Å². The van der Waals surface area contributed by atoms with Crippen LogP contribution in [0.15, 0.2) is 99.8 Å². The van der Waals surface area contributed by atoms with Crippen molar-refractivity contribution in [2.75, 3.05) is 5.32 Å². The van der Waals surface area contributed by atoms with E-state index in [-0.39, 0.29) is 11.7 Å². The van der Waals surface area contributed by atoms with E-state index in [1.54, 1.807) is 42.5 Å². The van der Waals surface area contributed by atoms with Gasteiger partial charge in [0.15, 0.2) is 11.3 Å². The van der Waals surface area contributed by atoms with Gasteiger partial charge in [-0.15, -0.1) is 0 Å². The summed E-state index contributed by atoms with van der Waals surface area (Å²) in [5.74, 6) is 0.858. The molecule has 0 aliphatic rings. The van der Waals surface area contributed by atoms with Gasteiger partial charge in [0.2, 0.25) is 5.89 Å². The molecule has 0 spiro atoms. The Hall–Kier alpha value is -4.06. The largest absolute Gasteiger partial charge is 0.451 e. The van der Waals surface area contributed by atoms with Crippen LogP contribution in [0.1, 0.15) is 10.6 Å². The molecule has 0 saturated heterocycles. The lowest BCUT2D eigenvalue weighted by Crippen LogP contribution is -2.10. The number of carbonyl (C=O) groups is 1. The van der Waals surface area contributed by atoms with Crippen molar-refractivity contribution >= 4 is 56.7 Å². The third-order valence-electron chi connectivity index (χ3n) is 5.68. The number of rotatable bonds is 4. The van der Waals surface area contributed by atoms with Crippen LogP contribution in [0.2, 0.25) is 10.0 Å². The summed E-state index contributed by atoms with van der Waals surface area (Å²) in [6.07, 6.45) is 0. The molecule has 1 amide bonds. The fourth-order valence-corrected chi connectivity index (χ4v) is 4.46. The number of hydrogen-bond donors (Lipinski definition) is 1. The molecule has 0 aliphatic heterocycles. The van der Waals surface area contributed by atoms with Crippen LogP contribution < -0.4 is 5.32 Å². The van der Waals surface area contributed by atoms with Crippen molar-refractivity contribution in [2.45, 2.75) is 0 Å². The molecule has 4 aromatic carbocycles. The van der Waals surface area contributed by atoms with Gasteiger partial charge < -0.3 is 14.2 Å². The van der Waals surface area contributed by atoms with Crippen molar-refractivity contribution in [1.29, 1.82) is 0 Å². The van der Waals surface area contributed by atoms with E-state index in [1.165, 1.54) is 0 Å². The molecule has 1 N–H and O–H groups in total. The number of aromatic nitrogens is 1. The Labute approximate surface area is 209 Å².